The van der Waals surface area contributed by atoms with E-state index in [0.717, 1.165) is 42.0 Å². The summed E-state index contributed by atoms with van der Waals surface area (Å²) in [6.45, 7) is 4.55. The van der Waals surface area contributed by atoms with E-state index in [-0.39, 0.29) is 17.6 Å². The predicted octanol–water partition coefficient (Wildman–Crippen LogP) is 4.74. The van der Waals surface area contributed by atoms with Crippen LogP contribution >= 0.6 is 11.6 Å². The Labute approximate surface area is 199 Å². The number of halogens is 1. The van der Waals surface area contributed by atoms with Crippen LogP contribution in [-0.2, 0) is 11.3 Å². The van der Waals surface area contributed by atoms with Gasteiger partial charge in [0.1, 0.15) is 17.7 Å². The zero-order valence-corrected chi connectivity index (χ0v) is 19.5. The van der Waals surface area contributed by atoms with Gasteiger partial charge in [-0.2, -0.15) is 0 Å². The lowest BCUT2D eigenvalue weighted by molar-refractivity contribution is -0.0395. The third kappa shape index (κ3) is 4.77. The topological polar surface area (TPSA) is 56.6 Å². The van der Waals surface area contributed by atoms with Crippen molar-refractivity contribution >= 4 is 17.5 Å². The summed E-state index contributed by atoms with van der Waals surface area (Å²) in [5.74, 6) is 1.83. The molecule has 2 aliphatic rings. The van der Waals surface area contributed by atoms with Crippen LogP contribution < -0.4 is 4.74 Å². The molecular weight excluding hydrogens is 438 g/mol. The molecule has 0 radical (unpaired) electrons. The van der Waals surface area contributed by atoms with E-state index >= 15 is 0 Å². The van der Waals surface area contributed by atoms with Gasteiger partial charge < -0.3 is 18.9 Å². The monoisotopic (exact) mass is 465 g/mol. The van der Waals surface area contributed by atoms with Crippen molar-refractivity contribution in [2.45, 2.75) is 44.4 Å². The number of aromatic nitrogens is 2. The number of ether oxygens (including phenoxy) is 2. The Morgan fingerprint density at radius 1 is 1.18 bits per heavy atom. The van der Waals surface area contributed by atoms with Crippen LogP contribution in [0.5, 0.6) is 5.75 Å². The fourth-order valence-corrected chi connectivity index (χ4v) is 4.97. The van der Waals surface area contributed by atoms with Crippen molar-refractivity contribution in [3.8, 4) is 5.75 Å². The minimum atomic E-state index is -0.207. The average molecular weight is 466 g/mol. The number of aryl methyl sites for hydroxylation is 1. The highest BCUT2D eigenvalue weighted by atomic mass is 35.5. The molecule has 3 heterocycles. The number of hydrogen-bond donors (Lipinski definition) is 0. The van der Waals surface area contributed by atoms with Gasteiger partial charge in [-0.15, -0.1) is 0 Å². The molecule has 6 nitrogen and oxygen atoms in total. The third-order valence-corrected chi connectivity index (χ3v) is 7.02. The summed E-state index contributed by atoms with van der Waals surface area (Å²) >= 11 is 5.96. The van der Waals surface area contributed by atoms with Gasteiger partial charge in [0, 0.05) is 49.0 Å². The number of rotatable bonds is 5. The zero-order chi connectivity index (χ0) is 22.8. The highest BCUT2D eigenvalue weighted by Crippen LogP contribution is 2.38. The maximum Gasteiger partial charge on any atom is 0.254 e. The molecule has 172 valence electrons. The second-order valence-corrected chi connectivity index (χ2v) is 9.38. The summed E-state index contributed by atoms with van der Waals surface area (Å²) in [4.78, 5) is 19.6. The van der Waals surface area contributed by atoms with E-state index in [1.807, 2.05) is 66.6 Å². The molecule has 5 rings (SSSR count). The molecule has 2 aliphatic heterocycles. The molecule has 33 heavy (non-hydrogen) atoms. The van der Waals surface area contributed by atoms with Crippen LogP contribution in [0.4, 0.5) is 0 Å². The van der Waals surface area contributed by atoms with Crippen LogP contribution in [0.3, 0.4) is 0 Å². The summed E-state index contributed by atoms with van der Waals surface area (Å²) in [6, 6.07) is 15.3. The Kier molecular flexibility index (Phi) is 6.13. The molecule has 2 saturated heterocycles. The first kappa shape index (κ1) is 22.0. The Morgan fingerprint density at radius 2 is 1.94 bits per heavy atom. The minimum Gasteiger partial charge on any atom is -0.488 e. The molecule has 7 heteroatoms. The molecule has 1 amide bonds. The predicted molar refractivity (Wildman–Crippen MR) is 127 cm³/mol. The van der Waals surface area contributed by atoms with Crippen LogP contribution in [0.2, 0.25) is 5.02 Å². The van der Waals surface area contributed by atoms with Crippen LogP contribution in [0.25, 0.3) is 0 Å². The lowest BCUT2D eigenvalue weighted by Gasteiger charge is -2.38. The molecule has 0 N–H and O–H groups in total. The second-order valence-electron chi connectivity index (χ2n) is 8.94. The van der Waals surface area contributed by atoms with Gasteiger partial charge in [0.2, 0.25) is 0 Å². The van der Waals surface area contributed by atoms with Gasteiger partial charge in [-0.3, -0.25) is 4.79 Å². The lowest BCUT2D eigenvalue weighted by atomic mass is 9.87. The molecule has 1 aromatic heterocycles. The summed E-state index contributed by atoms with van der Waals surface area (Å²) < 4.78 is 14.4. The van der Waals surface area contributed by atoms with Crippen molar-refractivity contribution in [3.05, 3.63) is 82.9 Å². The highest BCUT2D eigenvalue weighted by Gasteiger charge is 2.44. The number of amides is 1. The van der Waals surface area contributed by atoms with Gasteiger partial charge in [-0.25, -0.2) is 4.98 Å². The molecular formula is C26H28ClN3O3. The van der Waals surface area contributed by atoms with Gasteiger partial charge in [0.25, 0.3) is 5.91 Å². The van der Waals surface area contributed by atoms with Crippen molar-refractivity contribution in [1.29, 1.82) is 0 Å². The van der Waals surface area contributed by atoms with E-state index in [9.17, 15) is 4.79 Å². The molecule has 2 aromatic carbocycles. The number of nitrogens with zero attached hydrogens (tertiary/aromatic N) is 3. The summed E-state index contributed by atoms with van der Waals surface area (Å²) in [5, 5.41) is 0.695. The number of likely N-dealkylation sites (tertiary alicyclic amines) is 1. The molecule has 0 unspecified atom stereocenters. The molecule has 0 bridgehead atoms. The minimum absolute atomic E-state index is 0.0209. The molecule has 1 atom stereocenters. The van der Waals surface area contributed by atoms with Gasteiger partial charge >= 0.3 is 0 Å². The van der Waals surface area contributed by atoms with Gasteiger partial charge in [-0.1, -0.05) is 29.8 Å². The van der Waals surface area contributed by atoms with Crippen molar-refractivity contribution in [1.82, 2.24) is 14.5 Å². The van der Waals surface area contributed by atoms with Gasteiger partial charge in [-0.05, 0) is 55.7 Å². The average Bonchev–Trinajstić information content (AvgIpc) is 3.41. The van der Waals surface area contributed by atoms with E-state index in [1.54, 1.807) is 6.20 Å². The Bertz CT molecular complexity index is 1120. The lowest BCUT2D eigenvalue weighted by Crippen LogP contribution is -2.46. The highest BCUT2D eigenvalue weighted by molar-refractivity contribution is 6.30. The molecule has 1 spiro atoms. The quantitative estimate of drug-likeness (QED) is 0.546. The van der Waals surface area contributed by atoms with Crippen LogP contribution in [0.1, 0.15) is 41.0 Å². The van der Waals surface area contributed by atoms with Crippen LogP contribution in [-0.4, -0.2) is 51.8 Å². The van der Waals surface area contributed by atoms with Crippen molar-refractivity contribution < 1.29 is 14.3 Å². The summed E-state index contributed by atoms with van der Waals surface area (Å²) in [6.07, 6.45) is 6.24. The fourth-order valence-electron chi connectivity index (χ4n) is 4.84. The first-order chi connectivity index (χ1) is 16.0. The van der Waals surface area contributed by atoms with E-state index in [2.05, 4.69) is 9.55 Å². The maximum atomic E-state index is 13.4. The van der Waals surface area contributed by atoms with Crippen LogP contribution in [0, 0.1) is 6.92 Å². The SMILES string of the molecule is Cc1nccn1Cc1ccccc1C(=O)N1CCC2(CC1)C[C@@H](Oc1ccc(Cl)cc1)CO2. The summed E-state index contributed by atoms with van der Waals surface area (Å²) in [5.41, 5.74) is 1.57. The smallest absolute Gasteiger partial charge is 0.254 e. The summed E-state index contributed by atoms with van der Waals surface area (Å²) in [7, 11) is 0. The number of benzene rings is 2. The standard InChI is InChI=1S/C26H28ClN3O3/c1-19-28-12-15-30(19)17-20-4-2-3-5-24(20)25(31)29-13-10-26(11-14-29)16-23(18-32-26)33-22-8-6-21(27)7-9-22/h2-9,12,15,23H,10-11,13-14,16-18H2,1H3/t23-/m1/s1. The molecule has 0 aliphatic carbocycles. The number of carbonyl (C=O) groups is 1. The fraction of sp³-hybridized carbons (Fsp3) is 0.385. The molecule has 2 fully saturated rings. The van der Waals surface area contributed by atoms with E-state index < -0.39 is 0 Å². The Balaban J connectivity index is 1.21. The Hall–Kier alpha value is -2.83. The number of hydrogen-bond acceptors (Lipinski definition) is 4. The van der Waals surface area contributed by atoms with Crippen molar-refractivity contribution in [2.75, 3.05) is 19.7 Å². The van der Waals surface area contributed by atoms with Crippen molar-refractivity contribution in [2.24, 2.45) is 0 Å². The Morgan fingerprint density at radius 3 is 2.67 bits per heavy atom. The number of piperidine rings is 1. The van der Waals surface area contributed by atoms with Crippen LogP contribution in [0.15, 0.2) is 60.9 Å². The number of carbonyl (C=O) groups excluding carboxylic acids is 1. The van der Waals surface area contributed by atoms with Gasteiger partial charge in [0.15, 0.2) is 0 Å². The van der Waals surface area contributed by atoms with Crippen molar-refractivity contribution in [3.63, 3.8) is 0 Å². The van der Waals surface area contributed by atoms with E-state index in [1.165, 1.54) is 0 Å². The van der Waals surface area contributed by atoms with Gasteiger partial charge in [0.05, 0.1) is 12.2 Å². The third-order valence-electron chi connectivity index (χ3n) is 6.77. The number of imidazole rings is 1. The van der Waals surface area contributed by atoms with E-state index in [0.29, 0.717) is 31.3 Å². The molecule has 0 saturated carbocycles. The maximum absolute atomic E-state index is 13.4. The zero-order valence-electron chi connectivity index (χ0n) is 18.7. The van der Waals surface area contributed by atoms with E-state index in [4.69, 9.17) is 21.1 Å². The second kappa shape index (κ2) is 9.20. The largest absolute Gasteiger partial charge is 0.488 e. The molecule has 3 aromatic rings. The first-order valence-corrected chi connectivity index (χ1v) is 11.8. The first-order valence-electron chi connectivity index (χ1n) is 11.4. The normalized spacial score (nSPS) is 19.7.